The maximum Gasteiger partial charge on any atom is 0.338 e. The minimum atomic E-state index is -0.943. The molecule has 0 aliphatic heterocycles. The van der Waals surface area contributed by atoms with Crippen LogP contribution >= 0.6 is 13.5 Å². The van der Waals surface area contributed by atoms with E-state index in [4.69, 9.17) is 25.7 Å². The lowest BCUT2D eigenvalue weighted by molar-refractivity contribution is -0.459. The Bertz CT molecular complexity index is 2070. The average molecular weight is 760 g/mol. The zero-order chi connectivity index (χ0) is 35.5. The quantitative estimate of drug-likeness (QED) is 0.0351. The lowest BCUT2D eigenvalue weighted by Gasteiger charge is -2.21. The summed E-state index contributed by atoms with van der Waals surface area (Å²) in [4.78, 5) is 41.8. The minimum absolute atomic E-state index is 0. The van der Waals surface area contributed by atoms with Crippen LogP contribution in [0.5, 0.6) is 11.5 Å². The second-order valence-electron chi connectivity index (χ2n) is 11.4. The van der Waals surface area contributed by atoms with Gasteiger partial charge in [-0.25, -0.2) is 4.79 Å². The molecule has 0 fully saturated rings. The van der Waals surface area contributed by atoms with Gasteiger partial charge in [-0.05, 0) is 64.7 Å². The van der Waals surface area contributed by atoms with E-state index in [1.807, 2.05) is 72.8 Å². The third kappa shape index (κ3) is 11.1. The first-order chi connectivity index (χ1) is 24.3. The second-order valence-corrected chi connectivity index (χ2v) is 11.4. The number of carbonyl (C=O) groups is 3. The summed E-state index contributed by atoms with van der Waals surface area (Å²) in [6.45, 7) is 4.12. The van der Waals surface area contributed by atoms with Gasteiger partial charge in [-0.3, -0.25) is 26.0 Å². The van der Waals surface area contributed by atoms with E-state index in [1.54, 1.807) is 24.3 Å². The third-order valence-corrected chi connectivity index (χ3v) is 7.95. The first-order valence-corrected chi connectivity index (χ1v) is 16.1. The predicted octanol–water partition coefficient (Wildman–Crippen LogP) is 1.40. The van der Waals surface area contributed by atoms with Crippen molar-refractivity contribution in [2.75, 3.05) is 32.2 Å². The SMILES string of the molecule is C.C=CCOc1ccc2ccccc2c1-c1c(OCC(=O)N[C@H](CCC[NH+]=C(N)N)C(=O)Nc2cccc(C(=O)OC)c2)ccc2ccccc12.S.[Cl-]. The van der Waals surface area contributed by atoms with Crippen molar-refractivity contribution < 1.29 is 46.0 Å². The summed E-state index contributed by atoms with van der Waals surface area (Å²) in [7, 11) is 1.28. The molecule has 0 unspecified atom stereocenters. The Morgan fingerprint density at radius 3 is 2.04 bits per heavy atom. The lowest BCUT2D eigenvalue weighted by Crippen LogP contribution is -3.00. The summed E-state index contributed by atoms with van der Waals surface area (Å²) >= 11 is 0. The average Bonchev–Trinajstić information content (AvgIpc) is 3.13. The molecule has 0 saturated heterocycles. The van der Waals surface area contributed by atoms with E-state index in [0.717, 1.165) is 32.7 Å². The molecule has 5 rings (SSSR count). The van der Waals surface area contributed by atoms with Crippen molar-refractivity contribution in [1.29, 1.82) is 0 Å². The van der Waals surface area contributed by atoms with Crippen molar-refractivity contribution in [2.24, 2.45) is 11.5 Å². The topological polar surface area (TPSA) is 169 Å². The number of nitrogens with two attached hydrogens (primary N) is 2. The molecule has 7 N–H and O–H groups in total. The van der Waals surface area contributed by atoms with Crippen molar-refractivity contribution in [1.82, 2.24) is 5.32 Å². The zero-order valence-corrected chi connectivity index (χ0v) is 30.4. The van der Waals surface area contributed by atoms with Crippen molar-refractivity contribution >= 4 is 64.5 Å². The summed E-state index contributed by atoms with van der Waals surface area (Å²) in [5, 5.41) is 9.46. The first kappa shape index (κ1) is 43.4. The van der Waals surface area contributed by atoms with Crippen molar-refractivity contribution in [3.8, 4) is 22.6 Å². The number of esters is 1. The van der Waals surface area contributed by atoms with E-state index in [9.17, 15) is 14.4 Å². The summed E-state index contributed by atoms with van der Waals surface area (Å²) in [6.07, 6.45) is 2.41. The number of rotatable bonds is 15. The number of methoxy groups -OCH3 is 1. The Hall–Kier alpha value is -5.72. The van der Waals surface area contributed by atoms with Gasteiger partial charge in [0.15, 0.2) is 6.61 Å². The number of anilines is 1. The van der Waals surface area contributed by atoms with Gasteiger partial charge in [0.2, 0.25) is 5.91 Å². The maximum absolute atomic E-state index is 13.5. The number of carbonyl (C=O) groups excluding carboxylic acids is 3. The molecule has 0 spiro atoms. The number of nitrogens with one attached hydrogen (secondary N) is 3. The molecule has 0 bridgehead atoms. The van der Waals surface area contributed by atoms with Crippen LogP contribution in [0.3, 0.4) is 0 Å². The maximum atomic E-state index is 13.5. The number of amides is 2. The van der Waals surface area contributed by atoms with E-state index in [-0.39, 0.29) is 57.9 Å². The van der Waals surface area contributed by atoms with E-state index in [0.29, 0.717) is 36.8 Å². The molecule has 5 aromatic carbocycles. The molecule has 0 heterocycles. The molecule has 0 aromatic heterocycles. The Morgan fingerprint density at radius 1 is 0.849 bits per heavy atom. The molecule has 13 heteroatoms. The Balaban J connectivity index is 0.00000324. The van der Waals surface area contributed by atoms with E-state index >= 15 is 0 Å². The normalized spacial score (nSPS) is 10.7. The number of hydrogen-bond acceptors (Lipinski definition) is 6. The third-order valence-electron chi connectivity index (χ3n) is 7.95. The number of fused-ring (bicyclic) bond motifs is 2. The number of hydrogen-bond donors (Lipinski definition) is 5. The minimum Gasteiger partial charge on any atom is -1.00 e. The fraction of sp³-hybridized carbons (Fsp3) is 0.200. The van der Waals surface area contributed by atoms with Crippen LogP contribution in [0, 0.1) is 0 Å². The number of guanidine groups is 1. The van der Waals surface area contributed by atoms with Crippen LogP contribution in [0.4, 0.5) is 5.69 Å². The molecule has 1 atom stereocenters. The van der Waals surface area contributed by atoms with Crippen LogP contribution in [0.1, 0.15) is 30.6 Å². The Kier molecular flexibility index (Phi) is 17.2. The van der Waals surface area contributed by atoms with Gasteiger partial charge in [-0.15, -0.1) is 0 Å². The molecule has 0 aliphatic rings. The highest BCUT2D eigenvalue weighted by Crippen LogP contribution is 2.45. The largest absolute Gasteiger partial charge is 1.00 e. The van der Waals surface area contributed by atoms with Gasteiger partial charge in [0, 0.05) is 16.8 Å². The molecule has 280 valence electrons. The van der Waals surface area contributed by atoms with Crippen LogP contribution in [0.25, 0.3) is 32.7 Å². The van der Waals surface area contributed by atoms with Crippen molar-refractivity contribution in [2.45, 2.75) is 26.3 Å². The van der Waals surface area contributed by atoms with Gasteiger partial charge in [-0.1, -0.05) is 86.8 Å². The molecule has 2 amide bonds. The molecular weight excluding hydrogens is 714 g/mol. The predicted molar refractivity (Wildman–Crippen MR) is 212 cm³/mol. The van der Waals surface area contributed by atoms with Crippen LogP contribution in [-0.2, 0) is 14.3 Å². The van der Waals surface area contributed by atoms with Crippen LogP contribution in [0.2, 0.25) is 0 Å². The first-order valence-electron chi connectivity index (χ1n) is 16.1. The summed E-state index contributed by atoms with van der Waals surface area (Å²) in [5.74, 6) is -0.356. The Labute approximate surface area is 322 Å². The molecular formula is C40H46ClN5O6S. The number of benzene rings is 5. The van der Waals surface area contributed by atoms with Crippen molar-refractivity contribution in [3.63, 3.8) is 0 Å². The highest BCUT2D eigenvalue weighted by Gasteiger charge is 2.23. The summed E-state index contributed by atoms with van der Waals surface area (Å²) in [5.41, 5.74) is 13.3. The standard InChI is InChI=1S/C39H39N5O6.CH4.ClH.H2S/c1-3-22-49-32-19-17-25-10-4-6-14-29(25)35(32)36-30-15-7-5-11-26(30)18-20-33(36)50-24-34(45)44-31(16-9-21-42-39(40)41)37(46)43-28-13-8-12-27(23-28)38(47)48-2;;;/h3-8,10-15,17-20,23,31H,1,9,16,21-22,24H2,2H3,(H,43,46)(H,44,45)(H4,40,41,42);1H4;1H;1H2/t31-;;;/m1.../s1. The second kappa shape index (κ2) is 21.0. The van der Waals surface area contributed by atoms with Gasteiger partial charge in [-0.2, -0.15) is 13.5 Å². The fourth-order valence-electron chi connectivity index (χ4n) is 5.67. The van der Waals surface area contributed by atoms with E-state index in [1.165, 1.54) is 13.2 Å². The van der Waals surface area contributed by atoms with Gasteiger partial charge in [0.25, 0.3) is 5.91 Å². The highest BCUT2D eigenvalue weighted by atomic mass is 35.5. The fourth-order valence-corrected chi connectivity index (χ4v) is 5.67. The highest BCUT2D eigenvalue weighted by molar-refractivity contribution is 7.59. The smallest absolute Gasteiger partial charge is 0.338 e. The van der Waals surface area contributed by atoms with Crippen LogP contribution < -0.4 is 49.0 Å². The van der Waals surface area contributed by atoms with Gasteiger partial charge < -0.3 is 37.3 Å². The van der Waals surface area contributed by atoms with Gasteiger partial charge in [0.1, 0.15) is 24.1 Å². The van der Waals surface area contributed by atoms with Crippen LogP contribution in [-0.4, -0.2) is 56.7 Å². The van der Waals surface area contributed by atoms with Gasteiger partial charge >= 0.3 is 11.9 Å². The van der Waals surface area contributed by atoms with E-state index in [2.05, 4.69) is 22.2 Å². The summed E-state index contributed by atoms with van der Waals surface area (Å²) in [6, 6.07) is 29.0. The number of halogens is 1. The number of ether oxygens (including phenoxy) is 3. The van der Waals surface area contributed by atoms with Crippen LogP contribution in [0.15, 0.2) is 110 Å². The lowest BCUT2D eigenvalue weighted by atomic mass is 9.92. The molecule has 5 aromatic rings. The Morgan fingerprint density at radius 2 is 1.45 bits per heavy atom. The molecule has 53 heavy (non-hydrogen) atoms. The molecule has 0 radical (unpaired) electrons. The monoisotopic (exact) mass is 759 g/mol. The summed E-state index contributed by atoms with van der Waals surface area (Å²) < 4.78 is 17.2. The van der Waals surface area contributed by atoms with Crippen molar-refractivity contribution in [3.05, 3.63) is 115 Å². The molecule has 0 aliphatic carbocycles. The molecule has 0 saturated carbocycles. The zero-order valence-electron chi connectivity index (χ0n) is 28.6. The molecule has 11 nitrogen and oxygen atoms in total. The van der Waals surface area contributed by atoms with E-state index < -0.39 is 23.8 Å². The van der Waals surface area contributed by atoms with Gasteiger partial charge in [0.05, 0.1) is 19.2 Å².